The van der Waals surface area contributed by atoms with Crippen LogP contribution in [0.1, 0.15) is 37.9 Å². The molecule has 0 saturated heterocycles. The third-order valence-corrected chi connectivity index (χ3v) is 6.96. The van der Waals surface area contributed by atoms with Crippen LogP contribution in [0.15, 0.2) is 48.7 Å². The molecule has 5 nitrogen and oxygen atoms in total. The average molecular weight is 518 g/mol. The van der Waals surface area contributed by atoms with E-state index < -0.39 is 34.4 Å². The van der Waals surface area contributed by atoms with Gasteiger partial charge in [0, 0.05) is 43.3 Å². The molecule has 1 atom stereocenters. The van der Waals surface area contributed by atoms with Gasteiger partial charge in [-0.1, -0.05) is 51.1 Å². The molecule has 0 aliphatic heterocycles. The summed E-state index contributed by atoms with van der Waals surface area (Å²) in [5.41, 5.74) is -0.400. The quantitative estimate of drug-likeness (QED) is 0.387. The molecule has 1 aromatic heterocycles. The zero-order valence-electron chi connectivity index (χ0n) is 20.0. The standard InChI is InChI=1S/C24H28F5N3O2S/c1-23(2,3)14-32-13-18(21(22(25)26)30-35(33,34)31(4)5)17-11-10-15(12-20(17)32)16-8-6-7-9-19(16)24(27,28)29/h6-13,21-22,30H,14H2,1-5H3/t21-/m0/s1. The van der Waals surface area contributed by atoms with Crippen LogP contribution in [0.25, 0.3) is 22.0 Å². The van der Waals surface area contributed by atoms with E-state index >= 15 is 0 Å². The van der Waals surface area contributed by atoms with Crippen molar-refractivity contribution in [2.75, 3.05) is 14.1 Å². The Bertz CT molecular complexity index is 1310. The van der Waals surface area contributed by atoms with Gasteiger partial charge in [-0.3, -0.25) is 0 Å². The van der Waals surface area contributed by atoms with Gasteiger partial charge >= 0.3 is 6.18 Å². The molecule has 0 aliphatic rings. The van der Waals surface area contributed by atoms with Gasteiger partial charge in [0.15, 0.2) is 0 Å². The largest absolute Gasteiger partial charge is 0.417 e. The Balaban J connectivity index is 2.25. The third kappa shape index (κ3) is 6.02. The number of alkyl halides is 5. The summed E-state index contributed by atoms with van der Waals surface area (Å²) in [5.74, 6) is 0. The molecule has 192 valence electrons. The smallest absolute Gasteiger partial charge is 0.347 e. The second-order valence-electron chi connectivity index (χ2n) is 9.77. The van der Waals surface area contributed by atoms with Crippen LogP contribution in [0.3, 0.4) is 0 Å². The number of hydrogen-bond acceptors (Lipinski definition) is 2. The van der Waals surface area contributed by atoms with E-state index in [1.54, 1.807) is 4.57 Å². The number of aromatic nitrogens is 1. The normalized spacial score (nSPS) is 14.3. The van der Waals surface area contributed by atoms with E-state index in [1.165, 1.54) is 56.7 Å². The van der Waals surface area contributed by atoms with Crippen molar-refractivity contribution in [3.8, 4) is 11.1 Å². The lowest BCUT2D eigenvalue weighted by Crippen LogP contribution is -2.40. The van der Waals surface area contributed by atoms with Crippen LogP contribution in [0.4, 0.5) is 22.0 Å². The average Bonchev–Trinajstić information content (AvgIpc) is 3.07. The molecule has 0 saturated carbocycles. The molecule has 1 N–H and O–H groups in total. The van der Waals surface area contributed by atoms with E-state index in [0.29, 0.717) is 17.4 Å². The number of nitrogens with zero attached hydrogens (tertiary/aromatic N) is 2. The molecular weight excluding hydrogens is 489 g/mol. The molecular formula is C24H28F5N3O2S. The second kappa shape index (κ2) is 9.51. The van der Waals surface area contributed by atoms with Crippen molar-refractivity contribution in [1.82, 2.24) is 13.6 Å². The van der Waals surface area contributed by atoms with E-state index in [9.17, 15) is 30.4 Å². The number of fused-ring (bicyclic) bond motifs is 1. The van der Waals surface area contributed by atoms with Crippen LogP contribution >= 0.6 is 0 Å². The first-order valence-electron chi connectivity index (χ1n) is 10.8. The Morgan fingerprint density at radius 3 is 2.20 bits per heavy atom. The number of halogens is 5. The first-order chi connectivity index (χ1) is 16.0. The summed E-state index contributed by atoms with van der Waals surface area (Å²) >= 11 is 0. The summed E-state index contributed by atoms with van der Waals surface area (Å²) in [4.78, 5) is 0. The monoisotopic (exact) mass is 517 g/mol. The Labute approximate surface area is 201 Å². The maximum atomic E-state index is 14.1. The summed E-state index contributed by atoms with van der Waals surface area (Å²) < 4.78 is 98.2. The van der Waals surface area contributed by atoms with Gasteiger partial charge in [0.2, 0.25) is 0 Å². The Morgan fingerprint density at radius 2 is 1.66 bits per heavy atom. The molecule has 0 fully saturated rings. The third-order valence-electron chi connectivity index (χ3n) is 5.44. The lowest BCUT2D eigenvalue weighted by Gasteiger charge is -2.21. The SMILES string of the molecule is CN(C)S(=O)(=O)N[C@@H](c1cn(CC(C)(C)C)c2cc(-c3ccccc3C(F)(F)F)ccc12)C(F)F. The molecule has 1 heterocycles. The summed E-state index contributed by atoms with van der Waals surface area (Å²) in [7, 11) is -1.75. The number of rotatable bonds is 7. The van der Waals surface area contributed by atoms with Crippen molar-refractivity contribution in [2.24, 2.45) is 5.41 Å². The zero-order valence-corrected chi connectivity index (χ0v) is 20.8. The number of nitrogens with one attached hydrogen (secondary N) is 1. The Hall–Kier alpha value is -2.50. The topological polar surface area (TPSA) is 54.3 Å². The summed E-state index contributed by atoms with van der Waals surface area (Å²) in [5, 5.41) is 0.328. The Kier molecular flexibility index (Phi) is 7.36. The fourth-order valence-corrected chi connectivity index (χ4v) is 4.64. The van der Waals surface area contributed by atoms with Crippen molar-refractivity contribution in [2.45, 2.75) is 46.0 Å². The van der Waals surface area contributed by atoms with E-state index in [2.05, 4.69) is 0 Å². The molecule has 0 amide bonds. The lowest BCUT2D eigenvalue weighted by molar-refractivity contribution is -0.137. The molecule has 3 rings (SSSR count). The van der Waals surface area contributed by atoms with Gasteiger partial charge in [-0.2, -0.15) is 30.6 Å². The Morgan fingerprint density at radius 1 is 1.03 bits per heavy atom. The molecule has 0 spiro atoms. The predicted molar refractivity (Wildman–Crippen MR) is 126 cm³/mol. The van der Waals surface area contributed by atoms with E-state index in [0.717, 1.165) is 10.4 Å². The van der Waals surface area contributed by atoms with Crippen LogP contribution in [0, 0.1) is 5.41 Å². The fraction of sp³-hybridized carbons (Fsp3) is 0.417. The first-order valence-corrected chi connectivity index (χ1v) is 12.2. The molecule has 0 unspecified atom stereocenters. The molecule has 0 radical (unpaired) electrons. The summed E-state index contributed by atoms with van der Waals surface area (Å²) in [6.45, 7) is 6.16. The lowest BCUT2D eigenvalue weighted by atomic mass is 9.96. The van der Waals surface area contributed by atoms with E-state index in [-0.39, 0.29) is 22.1 Å². The highest BCUT2D eigenvalue weighted by molar-refractivity contribution is 7.87. The molecule has 0 aliphatic carbocycles. The molecule has 35 heavy (non-hydrogen) atoms. The van der Waals surface area contributed by atoms with Crippen LogP contribution in [-0.4, -0.2) is 37.8 Å². The van der Waals surface area contributed by atoms with Gasteiger partial charge in [-0.05, 0) is 28.7 Å². The number of hydrogen-bond donors (Lipinski definition) is 1. The summed E-state index contributed by atoms with van der Waals surface area (Å²) in [6.07, 6.45) is -6.19. The maximum absolute atomic E-state index is 14.1. The van der Waals surface area contributed by atoms with Crippen LogP contribution in [0.5, 0.6) is 0 Å². The van der Waals surface area contributed by atoms with Crippen LogP contribution < -0.4 is 4.72 Å². The minimum absolute atomic E-state index is 0.0364. The fourth-order valence-electron chi connectivity index (χ4n) is 3.88. The van der Waals surface area contributed by atoms with Gasteiger partial charge in [-0.15, -0.1) is 0 Å². The molecule has 0 bridgehead atoms. The van der Waals surface area contributed by atoms with Gasteiger partial charge in [0.05, 0.1) is 5.56 Å². The van der Waals surface area contributed by atoms with Gasteiger partial charge in [0.1, 0.15) is 6.04 Å². The maximum Gasteiger partial charge on any atom is 0.417 e. The van der Waals surface area contributed by atoms with E-state index in [1.807, 2.05) is 25.5 Å². The van der Waals surface area contributed by atoms with Crippen molar-refractivity contribution < 1.29 is 30.4 Å². The van der Waals surface area contributed by atoms with Gasteiger partial charge in [0.25, 0.3) is 16.6 Å². The summed E-state index contributed by atoms with van der Waals surface area (Å²) in [6, 6.07) is 7.72. The van der Waals surface area contributed by atoms with Crippen molar-refractivity contribution >= 4 is 21.1 Å². The second-order valence-corrected chi connectivity index (χ2v) is 11.7. The van der Waals surface area contributed by atoms with Gasteiger partial charge in [-0.25, -0.2) is 8.78 Å². The zero-order chi connectivity index (χ0) is 26.3. The predicted octanol–water partition coefficient (Wildman–Crippen LogP) is 6.08. The highest BCUT2D eigenvalue weighted by atomic mass is 32.2. The van der Waals surface area contributed by atoms with Crippen LogP contribution in [-0.2, 0) is 22.9 Å². The number of benzene rings is 2. The highest BCUT2D eigenvalue weighted by Crippen LogP contribution is 2.39. The molecule has 11 heteroatoms. The van der Waals surface area contributed by atoms with E-state index in [4.69, 9.17) is 0 Å². The minimum Gasteiger partial charge on any atom is -0.347 e. The molecule has 3 aromatic rings. The first kappa shape index (κ1) is 27.1. The van der Waals surface area contributed by atoms with Gasteiger partial charge < -0.3 is 4.57 Å². The van der Waals surface area contributed by atoms with Crippen molar-refractivity contribution in [3.05, 3.63) is 59.8 Å². The van der Waals surface area contributed by atoms with Crippen molar-refractivity contribution in [1.29, 1.82) is 0 Å². The highest BCUT2D eigenvalue weighted by Gasteiger charge is 2.34. The molecule has 2 aromatic carbocycles. The van der Waals surface area contributed by atoms with Crippen molar-refractivity contribution in [3.63, 3.8) is 0 Å². The van der Waals surface area contributed by atoms with Crippen LogP contribution in [0.2, 0.25) is 0 Å². The minimum atomic E-state index is -4.57.